The summed E-state index contributed by atoms with van der Waals surface area (Å²) >= 11 is 2.88. The van der Waals surface area contributed by atoms with Gasteiger partial charge in [0.15, 0.2) is 5.01 Å². The van der Waals surface area contributed by atoms with E-state index in [1.54, 1.807) is 11.8 Å². The summed E-state index contributed by atoms with van der Waals surface area (Å²) in [6.45, 7) is 1.91. The summed E-state index contributed by atoms with van der Waals surface area (Å²) in [4.78, 5) is 32.2. The molecule has 0 atom stereocenters. The van der Waals surface area contributed by atoms with E-state index in [9.17, 15) is 9.59 Å². The molecular formula is C22H24N4O2S2. The Balaban J connectivity index is 1.59. The van der Waals surface area contributed by atoms with Crippen molar-refractivity contribution in [2.75, 3.05) is 37.1 Å². The monoisotopic (exact) mass is 440 g/mol. The second-order valence-electron chi connectivity index (χ2n) is 6.90. The van der Waals surface area contributed by atoms with Crippen molar-refractivity contribution in [2.45, 2.75) is 11.8 Å². The van der Waals surface area contributed by atoms with Crippen LogP contribution in [0.5, 0.6) is 0 Å². The summed E-state index contributed by atoms with van der Waals surface area (Å²) in [5.74, 6) is -0.645. The highest BCUT2D eigenvalue weighted by Gasteiger charge is 2.14. The Morgan fingerprint density at radius 1 is 1.17 bits per heavy atom. The van der Waals surface area contributed by atoms with Crippen LogP contribution < -0.4 is 15.5 Å². The highest BCUT2D eigenvalue weighted by Crippen LogP contribution is 2.26. The number of carbonyl (C=O) groups is 2. The Kier molecular flexibility index (Phi) is 7.12. The van der Waals surface area contributed by atoms with E-state index in [4.69, 9.17) is 0 Å². The molecule has 0 radical (unpaired) electrons. The van der Waals surface area contributed by atoms with Crippen molar-refractivity contribution >= 4 is 46.3 Å². The molecule has 1 aromatic heterocycles. The number of aryl methyl sites for hydroxylation is 1. The molecule has 0 saturated carbocycles. The van der Waals surface area contributed by atoms with Crippen LogP contribution in [0.25, 0.3) is 11.3 Å². The van der Waals surface area contributed by atoms with Gasteiger partial charge in [0.25, 0.3) is 5.91 Å². The molecule has 3 aromatic rings. The van der Waals surface area contributed by atoms with Crippen LogP contribution in [-0.2, 0) is 4.79 Å². The largest absolute Gasteiger partial charge is 0.378 e. The van der Waals surface area contributed by atoms with Crippen molar-refractivity contribution < 1.29 is 9.59 Å². The van der Waals surface area contributed by atoms with E-state index in [0.29, 0.717) is 10.7 Å². The Morgan fingerprint density at radius 2 is 1.97 bits per heavy atom. The predicted octanol–water partition coefficient (Wildman–Crippen LogP) is 4.27. The van der Waals surface area contributed by atoms with Crippen molar-refractivity contribution in [3.63, 3.8) is 0 Å². The van der Waals surface area contributed by atoms with Gasteiger partial charge in [0.05, 0.1) is 12.2 Å². The maximum absolute atomic E-state index is 12.4. The van der Waals surface area contributed by atoms with Crippen LogP contribution in [0.1, 0.15) is 15.4 Å². The minimum Gasteiger partial charge on any atom is -0.378 e. The Labute approximate surface area is 184 Å². The van der Waals surface area contributed by atoms with Gasteiger partial charge in [0, 0.05) is 41.3 Å². The zero-order valence-electron chi connectivity index (χ0n) is 17.4. The topological polar surface area (TPSA) is 74.3 Å². The number of thioether (sulfide) groups is 1. The average Bonchev–Trinajstić information content (AvgIpc) is 3.24. The molecule has 1 heterocycles. The number of nitrogens with zero attached hydrogens (tertiary/aromatic N) is 2. The maximum atomic E-state index is 12.4. The van der Waals surface area contributed by atoms with Crippen molar-refractivity contribution in [3.05, 3.63) is 58.4 Å². The number of thiazole rings is 1. The van der Waals surface area contributed by atoms with Crippen molar-refractivity contribution in [1.82, 2.24) is 10.3 Å². The number of carbonyl (C=O) groups excluding carboxylic acids is 2. The lowest BCUT2D eigenvalue weighted by Crippen LogP contribution is -2.32. The molecule has 2 aromatic carbocycles. The molecule has 0 aliphatic rings. The van der Waals surface area contributed by atoms with Gasteiger partial charge in [-0.25, -0.2) is 4.98 Å². The van der Waals surface area contributed by atoms with E-state index in [-0.39, 0.29) is 18.4 Å². The molecule has 0 saturated heterocycles. The molecule has 2 N–H and O–H groups in total. The standard InChI is InChI=1S/C22H24N4O2S2/c1-14-8-9-16(11-19(14)29-4)24-20(27)12-23-21(28)22-25-18(13-30-22)15-6-5-7-17(10-15)26(2)3/h5-11,13H,12H2,1-4H3,(H,23,28)(H,24,27). The first-order valence-electron chi connectivity index (χ1n) is 9.33. The van der Waals surface area contributed by atoms with E-state index in [1.165, 1.54) is 11.3 Å². The molecule has 0 aliphatic heterocycles. The zero-order valence-corrected chi connectivity index (χ0v) is 19.0. The third kappa shape index (κ3) is 5.40. The third-order valence-corrected chi connectivity index (χ3v) is 6.18. The number of hydrogen-bond acceptors (Lipinski definition) is 6. The number of aromatic nitrogens is 1. The van der Waals surface area contributed by atoms with Crippen molar-refractivity contribution in [1.29, 1.82) is 0 Å². The summed E-state index contributed by atoms with van der Waals surface area (Å²) in [6, 6.07) is 13.7. The molecule has 3 rings (SSSR count). The SMILES string of the molecule is CSc1cc(NC(=O)CNC(=O)c2nc(-c3cccc(N(C)C)c3)cs2)ccc1C. The highest BCUT2D eigenvalue weighted by molar-refractivity contribution is 7.98. The van der Waals surface area contributed by atoms with Crippen LogP contribution in [0.2, 0.25) is 0 Å². The number of anilines is 2. The fraction of sp³-hybridized carbons (Fsp3) is 0.227. The van der Waals surface area contributed by atoms with Gasteiger partial charge >= 0.3 is 0 Å². The van der Waals surface area contributed by atoms with Crippen LogP contribution in [0.15, 0.2) is 52.7 Å². The summed E-state index contributed by atoms with van der Waals surface area (Å²) in [5, 5.41) is 7.62. The molecule has 0 aliphatic carbocycles. The lowest BCUT2D eigenvalue weighted by atomic mass is 10.1. The average molecular weight is 441 g/mol. The van der Waals surface area contributed by atoms with Crippen LogP contribution in [-0.4, -0.2) is 43.7 Å². The van der Waals surface area contributed by atoms with Crippen LogP contribution in [0.4, 0.5) is 11.4 Å². The van der Waals surface area contributed by atoms with E-state index in [2.05, 4.69) is 15.6 Å². The van der Waals surface area contributed by atoms with Gasteiger partial charge in [-0.2, -0.15) is 0 Å². The number of amides is 2. The Morgan fingerprint density at radius 3 is 2.70 bits per heavy atom. The molecule has 0 spiro atoms. The van der Waals surface area contributed by atoms with Gasteiger partial charge in [-0.15, -0.1) is 23.1 Å². The Hall–Kier alpha value is -2.84. The molecule has 0 fully saturated rings. The minimum absolute atomic E-state index is 0.119. The molecule has 6 nitrogen and oxygen atoms in total. The van der Waals surface area contributed by atoms with Gasteiger partial charge in [0.2, 0.25) is 5.91 Å². The Bertz CT molecular complexity index is 1060. The van der Waals surface area contributed by atoms with Gasteiger partial charge in [-0.3, -0.25) is 9.59 Å². The van der Waals surface area contributed by atoms with E-state index in [1.807, 2.05) is 80.0 Å². The molecule has 0 bridgehead atoms. The highest BCUT2D eigenvalue weighted by atomic mass is 32.2. The summed E-state index contributed by atoms with van der Waals surface area (Å²) in [6.07, 6.45) is 1.99. The van der Waals surface area contributed by atoms with E-state index in [0.717, 1.165) is 27.4 Å². The quantitative estimate of drug-likeness (QED) is 0.537. The summed E-state index contributed by atoms with van der Waals surface area (Å²) in [5.41, 5.74) is 4.61. The fourth-order valence-electron chi connectivity index (χ4n) is 2.79. The second kappa shape index (κ2) is 9.77. The number of nitrogens with one attached hydrogen (secondary N) is 2. The van der Waals surface area contributed by atoms with Gasteiger partial charge < -0.3 is 15.5 Å². The molecule has 2 amide bonds. The first kappa shape index (κ1) is 21.9. The summed E-state index contributed by atoms with van der Waals surface area (Å²) < 4.78 is 0. The van der Waals surface area contributed by atoms with E-state index < -0.39 is 0 Å². The van der Waals surface area contributed by atoms with Crippen LogP contribution in [0, 0.1) is 6.92 Å². The zero-order chi connectivity index (χ0) is 21.7. The molecule has 0 unspecified atom stereocenters. The molecular weight excluding hydrogens is 416 g/mol. The smallest absolute Gasteiger partial charge is 0.280 e. The lowest BCUT2D eigenvalue weighted by molar-refractivity contribution is -0.115. The normalized spacial score (nSPS) is 10.5. The fourth-order valence-corrected chi connectivity index (χ4v) is 4.17. The van der Waals surface area contributed by atoms with Gasteiger partial charge in [-0.1, -0.05) is 18.2 Å². The van der Waals surface area contributed by atoms with Crippen molar-refractivity contribution in [3.8, 4) is 11.3 Å². The first-order chi connectivity index (χ1) is 14.4. The number of rotatable bonds is 7. The summed E-state index contributed by atoms with van der Waals surface area (Å²) in [7, 11) is 3.95. The van der Waals surface area contributed by atoms with Crippen LogP contribution in [0.3, 0.4) is 0 Å². The molecule has 8 heteroatoms. The first-order valence-corrected chi connectivity index (χ1v) is 11.4. The van der Waals surface area contributed by atoms with Gasteiger partial charge in [0.1, 0.15) is 0 Å². The van der Waals surface area contributed by atoms with Crippen molar-refractivity contribution in [2.24, 2.45) is 0 Å². The van der Waals surface area contributed by atoms with E-state index >= 15 is 0 Å². The van der Waals surface area contributed by atoms with Gasteiger partial charge in [-0.05, 0) is 43.0 Å². The molecule has 30 heavy (non-hydrogen) atoms. The lowest BCUT2D eigenvalue weighted by Gasteiger charge is -2.12. The number of hydrogen-bond donors (Lipinski definition) is 2. The molecule has 156 valence electrons. The number of benzene rings is 2. The maximum Gasteiger partial charge on any atom is 0.280 e. The minimum atomic E-state index is -0.362. The second-order valence-corrected chi connectivity index (χ2v) is 8.60. The predicted molar refractivity (Wildman–Crippen MR) is 126 cm³/mol. The third-order valence-electron chi connectivity index (χ3n) is 4.46. The van der Waals surface area contributed by atoms with Crippen LogP contribution >= 0.6 is 23.1 Å².